The topological polar surface area (TPSA) is 29.1 Å². The van der Waals surface area contributed by atoms with Crippen molar-refractivity contribution in [2.24, 2.45) is 0 Å². The van der Waals surface area contributed by atoms with Gasteiger partial charge in [-0.25, -0.2) is 0 Å². The molecule has 0 spiro atoms. The normalized spacial score (nSPS) is 13.0. The zero-order chi connectivity index (χ0) is 13.4. The van der Waals surface area contributed by atoms with Gasteiger partial charge in [0.15, 0.2) is 0 Å². The summed E-state index contributed by atoms with van der Waals surface area (Å²) in [6.07, 6.45) is 0.444. The molecule has 0 fully saturated rings. The highest BCUT2D eigenvalue weighted by Gasteiger charge is 2.22. The van der Waals surface area contributed by atoms with Crippen LogP contribution in [0.2, 0.25) is 0 Å². The maximum atomic E-state index is 11.5. The van der Waals surface area contributed by atoms with Crippen LogP contribution in [0.15, 0.2) is 42.5 Å². The molecule has 1 aliphatic rings. The van der Waals surface area contributed by atoms with Crippen LogP contribution in [-0.2, 0) is 11.2 Å². The molecule has 0 saturated carbocycles. The molecule has 94 valence electrons. The van der Waals surface area contributed by atoms with Crippen molar-refractivity contribution < 1.29 is 4.79 Å². The van der Waals surface area contributed by atoms with E-state index >= 15 is 0 Å². The van der Waals surface area contributed by atoms with E-state index in [0.717, 1.165) is 32.8 Å². The van der Waals surface area contributed by atoms with Gasteiger partial charge in [-0.05, 0) is 23.6 Å². The number of benzene rings is 2. The lowest BCUT2D eigenvalue weighted by atomic mass is 9.97. The predicted molar refractivity (Wildman–Crippen MR) is 80.8 cm³/mol. The monoisotopic (exact) mass is 267 g/mol. The molecule has 19 heavy (non-hydrogen) atoms. The van der Waals surface area contributed by atoms with Crippen LogP contribution in [0.25, 0.3) is 0 Å². The molecule has 0 saturated heterocycles. The first kappa shape index (κ1) is 12.1. The lowest BCUT2D eigenvalue weighted by molar-refractivity contribution is -0.115. The third-order valence-corrected chi connectivity index (χ3v) is 3.84. The number of carbonyl (C=O) groups excluding carboxylic acids is 1. The summed E-state index contributed by atoms with van der Waals surface area (Å²) >= 11 is 5.60. The first-order valence-electron chi connectivity index (χ1n) is 6.19. The maximum Gasteiger partial charge on any atom is 0.228 e. The molecular formula is C16H13NOS. The molecule has 2 aromatic rings. The third-order valence-electron chi connectivity index (χ3n) is 3.40. The molecule has 1 aliphatic heterocycles. The van der Waals surface area contributed by atoms with Crippen LogP contribution in [0.5, 0.6) is 0 Å². The smallest absolute Gasteiger partial charge is 0.228 e. The third kappa shape index (κ3) is 2.06. The number of amides is 1. The number of rotatable bonds is 2. The first-order valence-corrected chi connectivity index (χ1v) is 6.59. The number of para-hydroxylation sites is 1. The molecule has 0 aliphatic carbocycles. The van der Waals surface area contributed by atoms with Crippen molar-refractivity contribution in [1.29, 1.82) is 0 Å². The lowest BCUT2D eigenvalue weighted by Crippen LogP contribution is -2.08. The largest absolute Gasteiger partial charge is 0.325 e. The lowest BCUT2D eigenvalue weighted by Gasteiger charge is -2.11. The standard InChI is InChI=1S/C16H13NOS/c1-10-5-2-3-7-12(10)16(19)13-8-4-6-11-9-14(18)17-15(11)13/h2-8H,9H2,1H3,(H,17,18). The second kappa shape index (κ2) is 4.59. The Bertz CT molecular complexity index is 691. The van der Waals surface area contributed by atoms with Crippen molar-refractivity contribution in [3.8, 4) is 0 Å². The Labute approximate surface area is 117 Å². The van der Waals surface area contributed by atoms with Crippen LogP contribution < -0.4 is 5.32 Å². The van der Waals surface area contributed by atoms with Gasteiger partial charge >= 0.3 is 0 Å². The Morgan fingerprint density at radius 1 is 1.11 bits per heavy atom. The van der Waals surface area contributed by atoms with E-state index in [9.17, 15) is 4.79 Å². The Hall–Kier alpha value is -2.00. The predicted octanol–water partition coefficient (Wildman–Crippen LogP) is 3.26. The van der Waals surface area contributed by atoms with Crippen LogP contribution >= 0.6 is 12.2 Å². The van der Waals surface area contributed by atoms with Crippen LogP contribution in [0, 0.1) is 6.92 Å². The SMILES string of the molecule is Cc1ccccc1C(=S)c1cccc2c1NC(=O)C2. The highest BCUT2D eigenvalue weighted by Crippen LogP contribution is 2.29. The fraction of sp³-hybridized carbons (Fsp3) is 0.125. The quantitative estimate of drug-likeness (QED) is 0.668. The van der Waals surface area contributed by atoms with Crippen LogP contribution in [-0.4, -0.2) is 10.8 Å². The number of thiocarbonyl (C=S) groups is 1. The van der Waals surface area contributed by atoms with E-state index in [2.05, 4.69) is 5.32 Å². The van der Waals surface area contributed by atoms with Gasteiger partial charge < -0.3 is 5.32 Å². The number of hydrogen-bond donors (Lipinski definition) is 1. The van der Waals surface area contributed by atoms with Crippen molar-refractivity contribution in [2.45, 2.75) is 13.3 Å². The number of anilines is 1. The van der Waals surface area contributed by atoms with Crippen molar-refractivity contribution in [3.05, 3.63) is 64.7 Å². The van der Waals surface area contributed by atoms with E-state index in [1.807, 2.05) is 49.4 Å². The van der Waals surface area contributed by atoms with Crippen LogP contribution in [0.1, 0.15) is 22.3 Å². The minimum atomic E-state index is 0.0371. The average molecular weight is 267 g/mol. The van der Waals surface area contributed by atoms with Gasteiger partial charge in [0.1, 0.15) is 0 Å². The first-order chi connectivity index (χ1) is 9.16. The maximum absolute atomic E-state index is 11.5. The minimum Gasteiger partial charge on any atom is -0.325 e. The second-order valence-electron chi connectivity index (χ2n) is 4.71. The molecular weight excluding hydrogens is 254 g/mol. The molecule has 0 bridgehead atoms. The molecule has 0 unspecified atom stereocenters. The molecule has 3 rings (SSSR count). The van der Waals surface area contributed by atoms with Gasteiger partial charge in [-0.15, -0.1) is 0 Å². The fourth-order valence-electron chi connectivity index (χ4n) is 2.41. The van der Waals surface area contributed by atoms with Crippen molar-refractivity contribution in [1.82, 2.24) is 0 Å². The van der Waals surface area contributed by atoms with Gasteiger partial charge in [0, 0.05) is 5.56 Å². The second-order valence-corrected chi connectivity index (χ2v) is 5.12. The zero-order valence-corrected chi connectivity index (χ0v) is 11.4. The molecule has 1 heterocycles. The van der Waals surface area contributed by atoms with Gasteiger partial charge in [-0.1, -0.05) is 54.7 Å². The van der Waals surface area contributed by atoms with E-state index in [1.165, 1.54) is 0 Å². The molecule has 1 N–H and O–H groups in total. The van der Waals surface area contributed by atoms with Gasteiger partial charge in [0.05, 0.1) is 17.0 Å². The number of nitrogens with one attached hydrogen (secondary N) is 1. The van der Waals surface area contributed by atoms with Gasteiger partial charge in [0.2, 0.25) is 5.91 Å². The van der Waals surface area contributed by atoms with Crippen LogP contribution in [0.4, 0.5) is 5.69 Å². The summed E-state index contributed by atoms with van der Waals surface area (Å²) in [6, 6.07) is 13.9. The summed E-state index contributed by atoms with van der Waals surface area (Å²) in [7, 11) is 0. The minimum absolute atomic E-state index is 0.0371. The highest BCUT2D eigenvalue weighted by molar-refractivity contribution is 7.81. The van der Waals surface area contributed by atoms with Gasteiger partial charge in [-0.2, -0.15) is 0 Å². The number of fused-ring (bicyclic) bond motifs is 1. The Morgan fingerprint density at radius 2 is 1.84 bits per heavy atom. The molecule has 2 nitrogen and oxygen atoms in total. The van der Waals surface area contributed by atoms with Gasteiger partial charge in [-0.3, -0.25) is 4.79 Å². The molecule has 1 amide bonds. The summed E-state index contributed by atoms with van der Waals surface area (Å²) < 4.78 is 0. The number of aryl methyl sites for hydroxylation is 1. The number of carbonyl (C=O) groups is 1. The van der Waals surface area contributed by atoms with Crippen LogP contribution in [0.3, 0.4) is 0 Å². The summed E-state index contributed by atoms with van der Waals surface area (Å²) in [5.74, 6) is 0.0371. The van der Waals surface area contributed by atoms with Gasteiger partial charge in [0.25, 0.3) is 0 Å². The summed E-state index contributed by atoms with van der Waals surface area (Å²) in [4.78, 5) is 12.3. The summed E-state index contributed by atoms with van der Waals surface area (Å²) in [5, 5.41) is 2.91. The van der Waals surface area contributed by atoms with E-state index in [1.54, 1.807) is 0 Å². The van der Waals surface area contributed by atoms with Crippen molar-refractivity contribution in [3.63, 3.8) is 0 Å². The Kier molecular flexibility index (Phi) is 2.91. The van der Waals surface area contributed by atoms with E-state index in [-0.39, 0.29) is 5.91 Å². The Morgan fingerprint density at radius 3 is 2.63 bits per heavy atom. The average Bonchev–Trinajstić information content (AvgIpc) is 2.78. The molecule has 0 atom stereocenters. The molecule has 3 heteroatoms. The molecule has 2 aromatic carbocycles. The highest BCUT2D eigenvalue weighted by atomic mass is 32.1. The van der Waals surface area contributed by atoms with Crippen molar-refractivity contribution >= 4 is 28.7 Å². The number of hydrogen-bond acceptors (Lipinski definition) is 2. The summed E-state index contributed by atoms with van der Waals surface area (Å²) in [5.41, 5.74) is 5.04. The fourth-order valence-corrected chi connectivity index (χ4v) is 2.81. The Balaban J connectivity index is 2.10. The van der Waals surface area contributed by atoms with Crippen molar-refractivity contribution in [2.75, 3.05) is 5.32 Å². The molecule has 0 radical (unpaired) electrons. The molecule has 0 aromatic heterocycles. The van der Waals surface area contributed by atoms with E-state index in [4.69, 9.17) is 12.2 Å². The summed E-state index contributed by atoms with van der Waals surface area (Å²) in [6.45, 7) is 2.05. The zero-order valence-electron chi connectivity index (χ0n) is 10.6. The van der Waals surface area contributed by atoms with E-state index < -0.39 is 0 Å². The van der Waals surface area contributed by atoms with E-state index in [0.29, 0.717) is 6.42 Å².